The van der Waals surface area contributed by atoms with Crippen molar-refractivity contribution in [2.24, 2.45) is 0 Å². The van der Waals surface area contributed by atoms with Crippen LogP contribution in [0.5, 0.6) is 0 Å². The normalized spacial score (nSPS) is 19.1. The molecule has 0 aromatic heterocycles. The first-order chi connectivity index (χ1) is 9.60. The number of amides is 1. The molecule has 1 aromatic carbocycles. The van der Waals surface area contributed by atoms with Crippen LogP contribution < -0.4 is 10.6 Å². The average molecular weight is 275 g/mol. The second kappa shape index (κ2) is 6.75. The SMILES string of the molecule is CCCNc1cc(C)ccc1C(=O)NC1CCN(C)C1. The van der Waals surface area contributed by atoms with E-state index in [9.17, 15) is 4.79 Å². The summed E-state index contributed by atoms with van der Waals surface area (Å²) in [4.78, 5) is 14.7. The molecule has 0 spiro atoms. The molecule has 1 aliphatic heterocycles. The summed E-state index contributed by atoms with van der Waals surface area (Å²) >= 11 is 0. The Morgan fingerprint density at radius 3 is 2.90 bits per heavy atom. The summed E-state index contributed by atoms with van der Waals surface area (Å²) in [7, 11) is 2.09. The lowest BCUT2D eigenvalue weighted by molar-refractivity contribution is 0.0939. The Balaban J connectivity index is 2.08. The van der Waals surface area contributed by atoms with Crippen LogP contribution in [0.25, 0.3) is 0 Å². The summed E-state index contributed by atoms with van der Waals surface area (Å²) in [6.45, 7) is 7.05. The second-order valence-corrected chi connectivity index (χ2v) is 5.70. The van der Waals surface area contributed by atoms with Gasteiger partial charge in [0.25, 0.3) is 5.91 Å². The van der Waals surface area contributed by atoms with E-state index in [4.69, 9.17) is 0 Å². The minimum Gasteiger partial charge on any atom is -0.384 e. The molecule has 0 aliphatic carbocycles. The van der Waals surface area contributed by atoms with Crippen molar-refractivity contribution in [3.8, 4) is 0 Å². The number of anilines is 1. The number of likely N-dealkylation sites (N-methyl/N-ethyl adjacent to an activating group) is 1. The first-order valence-corrected chi connectivity index (χ1v) is 7.44. The number of nitrogens with one attached hydrogen (secondary N) is 2. The molecule has 1 atom stereocenters. The smallest absolute Gasteiger partial charge is 0.253 e. The van der Waals surface area contributed by atoms with Gasteiger partial charge >= 0.3 is 0 Å². The molecule has 20 heavy (non-hydrogen) atoms. The van der Waals surface area contributed by atoms with Crippen molar-refractivity contribution in [3.63, 3.8) is 0 Å². The van der Waals surface area contributed by atoms with Crippen LogP contribution in [0.15, 0.2) is 18.2 Å². The van der Waals surface area contributed by atoms with Gasteiger partial charge in [-0.25, -0.2) is 0 Å². The predicted octanol–water partition coefficient (Wildman–Crippen LogP) is 2.25. The first kappa shape index (κ1) is 14.9. The zero-order valence-electron chi connectivity index (χ0n) is 12.7. The highest BCUT2D eigenvalue weighted by Crippen LogP contribution is 2.18. The fourth-order valence-electron chi connectivity index (χ4n) is 2.58. The van der Waals surface area contributed by atoms with Crippen molar-refractivity contribution in [1.29, 1.82) is 0 Å². The van der Waals surface area contributed by atoms with Crippen molar-refractivity contribution < 1.29 is 4.79 Å². The molecule has 1 aliphatic rings. The number of carbonyl (C=O) groups is 1. The molecule has 110 valence electrons. The predicted molar refractivity (Wildman–Crippen MR) is 83.3 cm³/mol. The van der Waals surface area contributed by atoms with E-state index in [1.807, 2.05) is 25.1 Å². The summed E-state index contributed by atoms with van der Waals surface area (Å²) in [6, 6.07) is 6.23. The Bertz CT molecular complexity index is 473. The highest BCUT2D eigenvalue weighted by atomic mass is 16.1. The minimum absolute atomic E-state index is 0.0314. The number of benzene rings is 1. The van der Waals surface area contributed by atoms with E-state index in [0.717, 1.165) is 43.7 Å². The van der Waals surface area contributed by atoms with Crippen molar-refractivity contribution in [1.82, 2.24) is 10.2 Å². The van der Waals surface area contributed by atoms with Gasteiger partial charge in [-0.05, 0) is 51.1 Å². The van der Waals surface area contributed by atoms with Crippen molar-refractivity contribution in [3.05, 3.63) is 29.3 Å². The molecule has 0 saturated carbocycles. The van der Waals surface area contributed by atoms with Crippen LogP contribution in [-0.2, 0) is 0 Å². The largest absolute Gasteiger partial charge is 0.384 e. The van der Waals surface area contributed by atoms with Crippen LogP contribution in [-0.4, -0.2) is 43.5 Å². The van der Waals surface area contributed by atoms with Crippen LogP contribution in [0, 0.1) is 6.92 Å². The van der Waals surface area contributed by atoms with Gasteiger partial charge in [-0.3, -0.25) is 4.79 Å². The molecule has 0 bridgehead atoms. The van der Waals surface area contributed by atoms with Crippen LogP contribution in [0.2, 0.25) is 0 Å². The number of rotatable bonds is 5. The van der Waals surface area contributed by atoms with Crippen molar-refractivity contribution >= 4 is 11.6 Å². The van der Waals surface area contributed by atoms with Crippen molar-refractivity contribution in [2.45, 2.75) is 32.7 Å². The standard InChI is InChI=1S/C16H25N3O/c1-4-8-17-15-10-12(2)5-6-14(15)16(20)18-13-7-9-19(3)11-13/h5-6,10,13,17H,4,7-9,11H2,1-3H3,(H,18,20). The lowest BCUT2D eigenvalue weighted by Gasteiger charge is -2.16. The van der Waals surface area contributed by atoms with Gasteiger partial charge in [0.15, 0.2) is 0 Å². The number of nitrogens with zero attached hydrogens (tertiary/aromatic N) is 1. The summed E-state index contributed by atoms with van der Waals surface area (Å²) in [5.74, 6) is 0.0314. The third kappa shape index (κ3) is 3.73. The van der Waals surface area contributed by atoms with Gasteiger partial charge in [0.2, 0.25) is 0 Å². The Morgan fingerprint density at radius 1 is 1.45 bits per heavy atom. The number of likely N-dealkylation sites (tertiary alicyclic amines) is 1. The van der Waals surface area contributed by atoms with Gasteiger partial charge < -0.3 is 15.5 Å². The molecule has 1 unspecified atom stereocenters. The maximum absolute atomic E-state index is 12.4. The third-order valence-electron chi connectivity index (χ3n) is 3.71. The van der Waals surface area contributed by atoms with E-state index in [1.54, 1.807) is 0 Å². The fourth-order valence-corrected chi connectivity index (χ4v) is 2.58. The number of hydrogen-bond donors (Lipinski definition) is 2. The lowest BCUT2D eigenvalue weighted by atomic mass is 10.1. The highest BCUT2D eigenvalue weighted by Gasteiger charge is 2.22. The quantitative estimate of drug-likeness (QED) is 0.866. The number of carbonyl (C=O) groups excluding carboxylic acids is 1. The van der Waals surface area contributed by atoms with E-state index < -0.39 is 0 Å². The van der Waals surface area contributed by atoms with Crippen molar-refractivity contribution in [2.75, 3.05) is 32.0 Å². The molecule has 1 fully saturated rings. The van der Waals surface area contributed by atoms with Gasteiger partial charge in [-0.2, -0.15) is 0 Å². The van der Waals surface area contributed by atoms with Gasteiger partial charge in [0.05, 0.1) is 5.56 Å². The van der Waals surface area contributed by atoms with E-state index in [1.165, 1.54) is 5.56 Å². The monoisotopic (exact) mass is 275 g/mol. The second-order valence-electron chi connectivity index (χ2n) is 5.70. The Morgan fingerprint density at radius 2 is 2.25 bits per heavy atom. The molecule has 1 heterocycles. The van der Waals surface area contributed by atoms with E-state index in [0.29, 0.717) is 0 Å². The van der Waals surface area contributed by atoms with Crippen LogP contribution in [0.3, 0.4) is 0 Å². The molecule has 2 rings (SSSR count). The van der Waals surface area contributed by atoms with Crippen LogP contribution >= 0.6 is 0 Å². The summed E-state index contributed by atoms with van der Waals surface area (Å²) < 4.78 is 0. The third-order valence-corrected chi connectivity index (χ3v) is 3.71. The first-order valence-electron chi connectivity index (χ1n) is 7.44. The molecule has 1 aromatic rings. The Kier molecular flexibility index (Phi) is 5.01. The molecule has 2 N–H and O–H groups in total. The van der Waals surface area contributed by atoms with E-state index >= 15 is 0 Å². The van der Waals surface area contributed by atoms with Crippen LogP contribution in [0.1, 0.15) is 35.7 Å². The zero-order valence-corrected chi connectivity index (χ0v) is 12.7. The molecule has 4 nitrogen and oxygen atoms in total. The topological polar surface area (TPSA) is 44.4 Å². The van der Waals surface area contributed by atoms with Gasteiger partial charge in [-0.15, -0.1) is 0 Å². The molecule has 4 heteroatoms. The molecule has 0 radical (unpaired) electrons. The average Bonchev–Trinajstić information content (AvgIpc) is 2.81. The fraction of sp³-hybridized carbons (Fsp3) is 0.562. The maximum atomic E-state index is 12.4. The zero-order chi connectivity index (χ0) is 14.5. The molecule has 1 amide bonds. The maximum Gasteiger partial charge on any atom is 0.253 e. The van der Waals surface area contributed by atoms with Gasteiger partial charge in [-0.1, -0.05) is 13.0 Å². The number of hydrogen-bond acceptors (Lipinski definition) is 3. The Labute approximate surface area is 121 Å². The number of aryl methyl sites for hydroxylation is 1. The molecular formula is C16H25N3O. The summed E-state index contributed by atoms with van der Waals surface area (Å²) in [5.41, 5.74) is 2.86. The summed E-state index contributed by atoms with van der Waals surface area (Å²) in [6.07, 6.45) is 2.08. The summed E-state index contributed by atoms with van der Waals surface area (Å²) in [5, 5.41) is 6.49. The van der Waals surface area contributed by atoms with E-state index in [-0.39, 0.29) is 11.9 Å². The Hall–Kier alpha value is -1.55. The minimum atomic E-state index is 0.0314. The van der Waals surface area contributed by atoms with Gasteiger partial charge in [0, 0.05) is 24.8 Å². The molecular weight excluding hydrogens is 250 g/mol. The highest BCUT2D eigenvalue weighted by molar-refractivity contribution is 5.99. The molecule has 1 saturated heterocycles. The van der Waals surface area contributed by atoms with Gasteiger partial charge in [0.1, 0.15) is 0 Å². The van der Waals surface area contributed by atoms with E-state index in [2.05, 4.69) is 29.5 Å². The van der Waals surface area contributed by atoms with Crippen LogP contribution in [0.4, 0.5) is 5.69 Å². The lowest BCUT2D eigenvalue weighted by Crippen LogP contribution is -2.36.